The summed E-state index contributed by atoms with van der Waals surface area (Å²) in [5.41, 5.74) is 4.18. The van der Waals surface area contributed by atoms with Crippen molar-refractivity contribution in [2.45, 2.75) is 6.92 Å². The molecule has 0 amide bonds. The molecule has 0 atom stereocenters. The maximum Gasteiger partial charge on any atom is 0.189 e. The number of nitrogens with one attached hydrogen (secondary N) is 1. The van der Waals surface area contributed by atoms with Crippen molar-refractivity contribution in [1.29, 1.82) is 0 Å². The van der Waals surface area contributed by atoms with Gasteiger partial charge in [-0.05, 0) is 30.7 Å². The Kier molecular flexibility index (Phi) is 3.12. The molecule has 2 aromatic carbocycles. The number of anilines is 2. The number of rotatable bonds is 3. The van der Waals surface area contributed by atoms with E-state index in [0.29, 0.717) is 0 Å². The van der Waals surface area contributed by atoms with Gasteiger partial charge in [-0.25, -0.2) is 4.68 Å². The normalized spacial score (nSPS) is 11.0. The SMILES string of the molecule is Cc1ccccc1Nc1nc2c(cnn2-c2ccccc2)s1. The first-order chi connectivity index (χ1) is 10.8. The van der Waals surface area contributed by atoms with E-state index >= 15 is 0 Å². The molecule has 0 radical (unpaired) electrons. The number of aromatic nitrogens is 3. The lowest BCUT2D eigenvalue weighted by Crippen LogP contribution is -1.97. The molecule has 0 bridgehead atoms. The predicted molar refractivity (Wildman–Crippen MR) is 91.2 cm³/mol. The summed E-state index contributed by atoms with van der Waals surface area (Å²) in [7, 11) is 0. The Morgan fingerprint density at radius 1 is 1.00 bits per heavy atom. The summed E-state index contributed by atoms with van der Waals surface area (Å²) in [5.74, 6) is 0. The third kappa shape index (κ3) is 2.25. The highest BCUT2D eigenvalue weighted by Crippen LogP contribution is 2.30. The zero-order chi connectivity index (χ0) is 14.9. The molecule has 0 fully saturated rings. The van der Waals surface area contributed by atoms with Crippen LogP contribution in [0.3, 0.4) is 0 Å². The maximum atomic E-state index is 4.69. The highest BCUT2D eigenvalue weighted by molar-refractivity contribution is 7.22. The second kappa shape index (κ2) is 5.27. The maximum absolute atomic E-state index is 4.69. The molecule has 0 aliphatic rings. The van der Waals surface area contributed by atoms with Crippen molar-refractivity contribution in [3.8, 4) is 5.69 Å². The summed E-state index contributed by atoms with van der Waals surface area (Å²) >= 11 is 1.61. The minimum Gasteiger partial charge on any atom is -0.331 e. The van der Waals surface area contributed by atoms with Gasteiger partial charge in [0.05, 0.1) is 16.6 Å². The van der Waals surface area contributed by atoms with Gasteiger partial charge < -0.3 is 5.32 Å². The Labute approximate surface area is 132 Å². The standard InChI is InChI=1S/C17H14N4S/c1-12-7-5-6-10-14(12)19-17-20-16-15(22-17)11-18-21(16)13-8-3-2-4-9-13/h2-11H,1H3,(H,19,20). The van der Waals surface area contributed by atoms with Crippen LogP contribution in [-0.4, -0.2) is 14.8 Å². The molecule has 4 rings (SSSR count). The first kappa shape index (κ1) is 13.0. The molecule has 4 aromatic rings. The average Bonchev–Trinajstić information content (AvgIpc) is 3.10. The monoisotopic (exact) mass is 306 g/mol. The van der Waals surface area contributed by atoms with Gasteiger partial charge in [-0.2, -0.15) is 10.1 Å². The van der Waals surface area contributed by atoms with E-state index in [1.54, 1.807) is 11.3 Å². The van der Waals surface area contributed by atoms with E-state index in [1.165, 1.54) is 5.56 Å². The fourth-order valence-corrected chi connectivity index (χ4v) is 3.19. The predicted octanol–water partition coefficient (Wildman–Crippen LogP) is 4.53. The van der Waals surface area contributed by atoms with Gasteiger partial charge >= 0.3 is 0 Å². The van der Waals surface area contributed by atoms with Gasteiger partial charge in [-0.15, -0.1) is 0 Å². The van der Waals surface area contributed by atoms with E-state index in [1.807, 2.05) is 53.3 Å². The molecule has 108 valence electrons. The van der Waals surface area contributed by atoms with Crippen LogP contribution in [0.1, 0.15) is 5.56 Å². The molecule has 4 nitrogen and oxygen atoms in total. The first-order valence-corrected chi connectivity index (χ1v) is 7.85. The highest BCUT2D eigenvalue weighted by Gasteiger charge is 2.11. The Balaban J connectivity index is 1.73. The summed E-state index contributed by atoms with van der Waals surface area (Å²) in [6.45, 7) is 2.08. The number of aryl methyl sites for hydroxylation is 1. The van der Waals surface area contributed by atoms with Gasteiger partial charge in [0, 0.05) is 5.69 Å². The van der Waals surface area contributed by atoms with Crippen LogP contribution in [0.5, 0.6) is 0 Å². The van der Waals surface area contributed by atoms with E-state index in [-0.39, 0.29) is 0 Å². The van der Waals surface area contributed by atoms with E-state index in [2.05, 4.69) is 29.5 Å². The average molecular weight is 306 g/mol. The van der Waals surface area contributed by atoms with Crippen molar-refractivity contribution in [3.05, 3.63) is 66.4 Å². The number of para-hydroxylation sites is 2. The van der Waals surface area contributed by atoms with Crippen LogP contribution in [0.4, 0.5) is 10.8 Å². The van der Waals surface area contributed by atoms with Crippen LogP contribution in [0.2, 0.25) is 0 Å². The number of thiazole rings is 1. The fraction of sp³-hybridized carbons (Fsp3) is 0.0588. The van der Waals surface area contributed by atoms with Crippen molar-refractivity contribution >= 4 is 32.5 Å². The zero-order valence-electron chi connectivity index (χ0n) is 12.0. The molecule has 22 heavy (non-hydrogen) atoms. The molecule has 0 saturated carbocycles. The van der Waals surface area contributed by atoms with E-state index in [0.717, 1.165) is 26.9 Å². The topological polar surface area (TPSA) is 42.7 Å². The number of nitrogens with zero attached hydrogens (tertiary/aromatic N) is 3. The molecule has 0 unspecified atom stereocenters. The largest absolute Gasteiger partial charge is 0.331 e. The van der Waals surface area contributed by atoms with Crippen LogP contribution in [0.15, 0.2) is 60.8 Å². The lowest BCUT2D eigenvalue weighted by Gasteiger charge is -2.05. The molecule has 1 N–H and O–H groups in total. The fourth-order valence-electron chi connectivity index (χ4n) is 2.36. The van der Waals surface area contributed by atoms with Gasteiger partial charge in [-0.1, -0.05) is 47.7 Å². The third-order valence-electron chi connectivity index (χ3n) is 3.51. The lowest BCUT2D eigenvalue weighted by atomic mass is 10.2. The molecule has 5 heteroatoms. The number of fused-ring (bicyclic) bond motifs is 1. The van der Waals surface area contributed by atoms with Crippen LogP contribution in [-0.2, 0) is 0 Å². The summed E-state index contributed by atoms with van der Waals surface area (Å²) in [6, 6.07) is 18.3. The van der Waals surface area contributed by atoms with Crippen LogP contribution < -0.4 is 5.32 Å². The molecule has 0 saturated heterocycles. The second-order valence-electron chi connectivity index (χ2n) is 5.04. The summed E-state index contributed by atoms with van der Waals surface area (Å²) < 4.78 is 2.94. The Bertz CT molecular complexity index is 924. The van der Waals surface area contributed by atoms with Crippen molar-refractivity contribution in [1.82, 2.24) is 14.8 Å². The Morgan fingerprint density at radius 2 is 1.77 bits per heavy atom. The third-order valence-corrected chi connectivity index (χ3v) is 4.41. The quantitative estimate of drug-likeness (QED) is 0.604. The molecule has 2 heterocycles. The van der Waals surface area contributed by atoms with Crippen molar-refractivity contribution in [2.24, 2.45) is 0 Å². The molecular formula is C17H14N4S. The highest BCUT2D eigenvalue weighted by atomic mass is 32.1. The zero-order valence-corrected chi connectivity index (χ0v) is 12.8. The van der Waals surface area contributed by atoms with Crippen LogP contribution in [0.25, 0.3) is 16.0 Å². The van der Waals surface area contributed by atoms with E-state index < -0.39 is 0 Å². The van der Waals surface area contributed by atoms with Gasteiger partial charge in [0.15, 0.2) is 10.8 Å². The second-order valence-corrected chi connectivity index (χ2v) is 6.07. The molecular weight excluding hydrogens is 292 g/mol. The minimum atomic E-state index is 0.881. The Morgan fingerprint density at radius 3 is 2.59 bits per heavy atom. The summed E-state index contributed by atoms with van der Waals surface area (Å²) in [6.07, 6.45) is 1.86. The van der Waals surface area contributed by atoms with Gasteiger partial charge in [0.2, 0.25) is 0 Å². The first-order valence-electron chi connectivity index (χ1n) is 7.04. The number of benzene rings is 2. The number of hydrogen-bond donors (Lipinski definition) is 1. The lowest BCUT2D eigenvalue weighted by molar-refractivity contribution is 0.898. The molecule has 2 aromatic heterocycles. The van der Waals surface area contributed by atoms with Crippen molar-refractivity contribution in [3.63, 3.8) is 0 Å². The summed E-state index contributed by atoms with van der Waals surface area (Å²) in [5, 5.41) is 8.70. The summed E-state index contributed by atoms with van der Waals surface area (Å²) in [4.78, 5) is 4.69. The van der Waals surface area contributed by atoms with Gasteiger partial charge in [0.1, 0.15) is 0 Å². The smallest absolute Gasteiger partial charge is 0.189 e. The van der Waals surface area contributed by atoms with Gasteiger partial charge in [0.25, 0.3) is 0 Å². The minimum absolute atomic E-state index is 0.881. The van der Waals surface area contributed by atoms with Crippen LogP contribution >= 0.6 is 11.3 Å². The number of hydrogen-bond acceptors (Lipinski definition) is 4. The molecule has 0 spiro atoms. The molecule has 0 aliphatic carbocycles. The molecule has 0 aliphatic heterocycles. The van der Waals surface area contributed by atoms with Crippen molar-refractivity contribution < 1.29 is 0 Å². The van der Waals surface area contributed by atoms with Crippen LogP contribution in [0, 0.1) is 6.92 Å². The van der Waals surface area contributed by atoms with Gasteiger partial charge in [-0.3, -0.25) is 0 Å². The van der Waals surface area contributed by atoms with E-state index in [9.17, 15) is 0 Å². The van der Waals surface area contributed by atoms with E-state index in [4.69, 9.17) is 4.98 Å². The Hall–Kier alpha value is -2.66. The van der Waals surface area contributed by atoms with Crippen molar-refractivity contribution in [2.75, 3.05) is 5.32 Å².